The Hall–Kier alpha value is -1.10. The van der Waals surface area contributed by atoms with Gasteiger partial charge in [0.2, 0.25) is 10.0 Å². The fraction of sp³-hybridized carbons (Fsp3) is 0.545. The third-order valence-electron chi connectivity index (χ3n) is 2.12. The quantitative estimate of drug-likeness (QED) is 0.861. The predicted molar refractivity (Wildman–Crippen MR) is 66.0 cm³/mol. The van der Waals surface area contributed by atoms with Crippen LogP contribution < -0.4 is 4.72 Å². The van der Waals surface area contributed by atoms with Crippen molar-refractivity contribution >= 4 is 15.8 Å². The maximum atomic E-state index is 11.6. The SMILES string of the molecule is CCCCS(=O)(=O)Nc1cc(C)cc(C)n1. The van der Waals surface area contributed by atoms with Crippen LogP contribution in [0.5, 0.6) is 0 Å². The predicted octanol–water partition coefficient (Wildman–Crippen LogP) is 2.24. The van der Waals surface area contributed by atoms with Gasteiger partial charge in [0.05, 0.1) is 5.75 Å². The van der Waals surface area contributed by atoms with Gasteiger partial charge in [-0.2, -0.15) is 0 Å². The number of pyridine rings is 1. The van der Waals surface area contributed by atoms with Crippen LogP contribution in [-0.2, 0) is 10.0 Å². The highest BCUT2D eigenvalue weighted by Crippen LogP contribution is 2.11. The summed E-state index contributed by atoms with van der Waals surface area (Å²) in [6.45, 7) is 5.72. The normalized spacial score (nSPS) is 11.4. The van der Waals surface area contributed by atoms with E-state index in [1.54, 1.807) is 6.07 Å². The van der Waals surface area contributed by atoms with Crippen molar-refractivity contribution in [2.24, 2.45) is 0 Å². The maximum Gasteiger partial charge on any atom is 0.233 e. The van der Waals surface area contributed by atoms with Crippen LogP contribution in [-0.4, -0.2) is 19.2 Å². The van der Waals surface area contributed by atoms with E-state index in [9.17, 15) is 8.42 Å². The number of hydrogen-bond donors (Lipinski definition) is 1. The highest BCUT2D eigenvalue weighted by molar-refractivity contribution is 7.92. The fourth-order valence-electron chi connectivity index (χ4n) is 1.44. The van der Waals surface area contributed by atoms with Crippen molar-refractivity contribution in [1.29, 1.82) is 0 Å². The third kappa shape index (κ3) is 4.18. The highest BCUT2D eigenvalue weighted by atomic mass is 32.2. The summed E-state index contributed by atoms with van der Waals surface area (Å²) in [4.78, 5) is 4.14. The smallest absolute Gasteiger partial charge is 0.233 e. The van der Waals surface area contributed by atoms with Gasteiger partial charge in [-0.15, -0.1) is 0 Å². The molecular weight excluding hydrogens is 224 g/mol. The number of nitrogens with zero attached hydrogens (tertiary/aromatic N) is 1. The molecule has 0 bridgehead atoms. The largest absolute Gasteiger partial charge is 0.267 e. The molecule has 1 rings (SSSR count). The molecule has 90 valence electrons. The number of aromatic nitrogens is 1. The number of anilines is 1. The molecule has 0 aliphatic carbocycles. The van der Waals surface area contributed by atoms with Gasteiger partial charge in [-0.1, -0.05) is 13.3 Å². The second-order valence-corrected chi connectivity index (χ2v) is 5.79. The molecule has 0 saturated carbocycles. The Bertz CT molecular complexity index is 435. The Morgan fingerprint density at radius 2 is 2.00 bits per heavy atom. The Kier molecular flexibility index (Phi) is 4.29. The van der Waals surface area contributed by atoms with E-state index < -0.39 is 10.0 Å². The zero-order valence-corrected chi connectivity index (χ0v) is 10.8. The Labute approximate surface area is 97.2 Å². The van der Waals surface area contributed by atoms with E-state index in [2.05, 4.69) is 9.71 Å². The summed E-state index contributed by atoms with van der Waals surface area (Å²) in [6.07, 6.45) is 1.53. The van der Waals surface area contributed by atoms with Crippen LogP contribution in [0.15, 0.2) is 12.1 Å². The molecule has 0 fully saturated rings. The number of rotatable bonds is 5. The van der Waals surface area contributed by atoms with Crippen molar-refractivity contribution in [1.82, 2.24) is 4.98 Å². The van der Waals surface area contributed by atoms with E-state index in [4.69, 9.17) is 0 Å². The third-order valence-corrected chi connectivity index (χ3v) is 3.47. The van der Waals surface area contributed by atoms with Crippen LogP contribution in [0.1, 0.15) is 31.0 Å². The molecule has 0 saturated heterocycles. The number of nitrogens with one attached hydrogen (secondary N) is 1. The molecule has 0 amide bonds. The van der Waals surface area contributed by atoms with E-state index in [-0.39, 0.29) is 5.75 Å². The lowest BCUT2D eigenvalue weighted by Gasteiger charge is -2.08. The molecule has 16 heavy (non-hydrogen) atoms. The highest BCUT2D eigenvalue weighted by Gasteiger charge is 2.10. The number of unbranched alkanes of at least 4 members (excludes halogenated alkanes) is 1. The van der Waals surface area contributed by atoms with Gasteiger partial charge in [-0.3, -0.25) is 4.72 Å². The van der Waals surface area contributed by atoms with Crippen LogP contribution >= 0.6 is 0 Å². The van der Waals surface area contributed by atoms with Crippen LogP contribution in [0.2, 0.25) is 0 Å². The first-order valence-electron chi connectivity index (χ1n) is 5.39. The summed E-state index contributed by atoms with van der Waals surface area (Å²) in [5, 5.41) is 0. The molecule has 0 aliphatic heterocycles. The first-order valence-corrected chi connectivity index (χ1v) is 7.04. The molecule has 0 aliphatic rings. The molecule has 4 nitrogen and oxygen atoms in total. The Morgan fingerprint density at radius 1 is 1.31 bits per heavy atom. The second-order valence-electron chi connectivity index (χ2n) is 3.95. The minimum absolute atomic E-state index is 0.151. The van der Waals surface area contributed by atoms with Crippen LogP contribution in [0.25, 0.3) is 0 Å². The van der Waals surface area contributed by atoms with Gasteiger partial charge in [0.1, 0.15) is 5.82 Å². The van der Waals surface area contributed by atoms with Gasteiger partial charge in [-0.25, -0.2) is 13.4 Å². The number of hydrogen-bond acceptors (Lipinski definition) is 3. The van der Waals surface area contributed by atoms with Crippen molar-refractivity contribution in [2.75, 3.05) is 10.5 Å². The van der Waals surface area contributed by atoms with Crippen molar-refractivity contribution in [2.45, 2.75) is 33.6 Å². The first kappa shape index (κ1) is 13.0. The van der Waals surface area contributed by atoms with Crippen molar-refractivity contribution in [3.63, 3.8) is 0 Å². The van der Waals surface area contributed by atoms with Crippen LogP contribution in [0.4, 0.5) is 5.82 Å². The first-order chi connectivity index (χ1) is 7.43. The summed E-state index contributed by atoms with van der Waals surface area (Å²) >= 11 is 0. The molecule has 1 aromatic rings. The molecule has 0 radical (unpaired) electrons. The van der Waals surface area contributed by atoms with E-state index in [0.29, 0.717) is 12.2 Å². The zero-order chi connectivity index (χ0) is 12.2. The summed E-state index contributed by atoms with van der Waals surface area (Å²) < 4.78 is 25.8. The lowest BCUT2D eigenvalue weighted by atomic mass is 10.2. The van der Waals surface area contributed by atoms with E-state index in [1.165, 1.54) is 0 Å². The van der Waals surface area contributed by atoms with Crippen molar-refractivity contribution in [3.05, 3.63) is 23.4 Å². The van der Waals surface area contributed by atoms with E-state index in [1.807, 2.05) is 26.8 Å². The fourth-order valence-corrected chi connectivity index (χ4v) is 2.63. The minimum Gasteiger partial charge on any atom is -0.267 e. The average molecular weight is 242 g/mol. The van der Waals surface area contributed by atoms with Crippen molar-refractivity contribution in [3.8, 4) is 0 Å². The van der Waals surface area contributed by atoms with Crippen LogP contribution in [0.3, 0.4) is 0 Å². The summed E-state index contributed by atoms with van der Waals surface area (Å²) in [5.74, 6) is 0.562. The molecule has 0 aromatic carbocycles. The van der Waals surface area contributed by atoms with Gasteiger partial charge in [-0.05, 0) is 38.0 Å². The Morgan fingerprint density at radius 3 is 2.56 bits per heavy atom. The van der Waals surface area contributed by atoms with Crippen LogP contribution in [0, 0.1) is 13.8 Å². The van der Waals surface area contributed by atoms with Crippen molar-refractivity contribution < 1.29 is 8.42 Å². The number of aryl methyl sites for hydroxylation is 2. The topological polar surface area (TPSA) is 59.1 Å². The van der Waals surface area contributed by atoms with Gasteiger partial charge in [0, 0.05) is 5.69 Å². The lowest BCUT2D eigenvalue weighted by Crippen LogP contribution is -2.17. The summed E-state index contributed by atoms with van der Waals surface area (Å²) in [5.41, 5.74) is 1.81. The van der Waals surface area contributed by atoms with Gasteiger partial charge in [0.15, 0.2) is 0 Å². The summed E-state index contributed by atoms with van der Waals surface area (Å²) in [7, 11) is -3.24. The molecule has 1 heterocycles. The van der Waals surface area contributed by atoms with E-state index in [0.717, 1.165) is 17.7 Å². The second kappa shape index (κ2) is 5.30. The molecule has 5 heteroatoms. The minimum atomic E-state index is -3.24. The Balaban J connectivity index is 2.80. The molecule has 0 unspecified atom stereocenters. The van der Waals surface area contributed by atoms with E-state index >= 15 is 0 Å². The lowest BCUT2D eigenvalue weighted by molar-refractivity contribution is 0.597. The van der Waals surface area contributed by atoms with Gasteiger partial charge in [0.25, 0.3) is 0 Å². The average Bonchev–Trinajstić information content (AvgIpc) is 2.12. The maximum absolute atomic E-state index is 11.6. The molecule has 1 N–H and O–H groups in total. The van der Waals surface area contributed by atoms with Gasteiger partial charge >= 0.3 is 0 Å². The standard InChI is InChI=1S/C11H18N2O2S/c1-4-5-6-16(14,15)13-11-8-9(2)7-10(3)12-11/h7-8H,4-6H2,1-3H3,(H,12,13). The number of sulfonamides is 1. The monoisotopic (exact) mass is 242 g/mol. The molecular formula is C11H18N2O2S. The molecule has 0 atom stereocenters. The molecule has 1 aromatic heterocycles. The van der Waals surface area contributed by atoms with Gasteiger partial charge < -0.3 is 0 Å². The zero-order valence-electron chi connectivity index (χ0n) is 9.95. The molecule has 0 spiro atoms. The summed E-state index contributed by atoms with van der Waals surface area (Å²) in [6, 6.07) is 3.64.